The van der Waals surface area contributed by atoms with Gasteiger partial charge in [-0.2, -0.15) is 0 Å². The van der Waals surface area contributed by atoms with Gasteiger partial charge in [-0.25, -0.2) is 0 Å². The van der Waals surface area contributed by atoms with Gasteiger partial charge in [-0.3, -0.25) is 0 Å². The molecule has 1 aromatic carbocycles. The van der Waals surface area contributed by atoms with Crippen LogP contribution >= 0.6 is 0 Å². The molecule has 1 aliphatic carbocycles. The van der Waals surface area contributed by atoms with E-state index in [2.05, 4.69) is 47.6 Å². The molecule has 0 unspecified atom stereocenters. The maximum absolute atomic E-state index is 3.49. The SMILES string of the molecule is CN(CCCNc1ccccc1)C1CCCCCC1. The predicted octanol–water partition coefficient (Wildman–Crippen LogP) is 4.14. The quantitative estimate of drug-likeness (QED) is 0.611. The molecule has 0 spiro atoms. The topological polar surface area (TPSA) is 15.3 Å². The maximum Gasteiger partial charge on any atom is 0.0340 e. The van der Waals surface area contributed by atoms with Crippen LogP contribution in [0.1, 0.15) is 44.9 Å². The van der Waals surface area contributed by atoms with Crippen molar-refractivity contribution in [2.75, 3.05) is 25.5 Å². The Morgan fingerprint density at radius 2 is 1.74 bits per heavy atom. The van der Waals surface area contributed by atoms with Gasteiger partial charge >= 0.3 is 0 Å². The van der Waals surface area contributed by atoms with Crippen LogP contribution < -0.4 is 5.32 Å². The first-order valence-corrected chi connectivity index (χ1v) is 7.85. The lowest BCUT2D eigenvalue weighted by atomic mass is 10.1. The van der Waals surface area contributed by atoms with Crippen LogP contribution in [-0.4, -0.2) is 31.1 Å². The van der Waals surface area contributed by atoms with Gasteiger partial charge in [-0.15, -0.1) is 0 Å². The molecule has 0 aromatic heterocycles. The molecule has 2 rings (SSSR count). The Morgan fingerprint density at radius 1 is 1.05 bits per heavy atom. The van der Waals surface area contributed by atoms with E-state index in [1.54, 1.807) is 0 Å². The van der Waals surface area contributed by atoms with E-state index in [0.29, 0.717) is 0 Å². The number of hydrogen-bond acceptors (Lipinski definition) is 2. The molecular weight excluding hydrogens is 232 g/mol. The summed E-state index contributed by atoms with van der Waals surface area (Å²) in [6.07, 6.45) is 9.78. The van der Waals surface area contributed by atoms with Crippen LogP contribution in [-0.2, 0) is 0 Å². The standard InChI is InChI=1S/C17H28N2/c1-19(17-12-7-2-3-8-13-17)15-9-14-18-16-10-5-4-6-11-16/h4-6,10-11,17-18H,2-3,7-9,12-15H2,1H3. The molecule has 0 heterocycles. The minimum Gasteiger partial charge on any atom is -0.385 e. The summed E-state index contributed by atoms with van der Waals surface area (Å²) >= 11 is 0. The molecule has 1 aliphatic rings. The zero-order valence-electron chi connectivity index (χ0n) is 12.3. The lowest BCUT2D eigenvalue weighted by Gasteiger charge is -2.27. The summed E-state index contributed by atoms with van der Waals surface area (Å²) in [6, 6.07) is 11.3. The summed E-state index contributed by atoms with van der Waals surface area (Å²) in [5, 5.41) is 3.49. The average molecular weight is 260 g/mol. The molecule has 1 saturated carbocycles. The first-order valence-electron chi connectivity index (χ1n) is 7.85. The van der Waals surface area contributed by atoms with Crippen molar-refractivity contribution in [3.05, 3.63) is 30.3 Å². The highest BCUT2D eigenvalue weighted by Gasteiger charge is 2.15. The Kier molecular flexibility index (Phi) is 6.22. The molecule has 0 amide bonds. The van der Waals surface area contributed by atoms with Crippen LogP contribution in [0.3, 0.4) is 0 Å². The van der Waals surface area contributed by atoms with E-state index in [9.17, 15) is 0 Å². The first kappa shape index (κ1) is 14.4. The molecular formula is C17H28N2. The van der Waals surface area contributed by atoms with Gasteiger partial charge in [-0.1, -0.05) is 43.9 Å². The van der Waals surface area contributed by atoms with Crippen molar-refractivity contribution in [2.24, 2.45) is 0 Å². The van der Waals surface area contributed by atoms with Crippen LogP contribution in [0.2, 0.25) is 0 Å². The molecule has 2 heteroatoms. The minimum atomic E-state index is 0.833. The fraction of sp³-hybridized carbons (Fsp3) is 0.647. The monoisotopic (exact) mass is 260 g/mol. The molecule has 0 saturated heterocycles. The Labute approximate surface area is 118 Å². The fourth-order valence-electron chi connectivity index (χ4n) is 3.00. The van der Waals surface area contributed by atoms with E-state index in [0.717, 1.165) is 12.6 Å². The third-order valence-corrected chi connectivity index (χ3v) is 4.24. The van der Waals surface area contributed by atoms with Crippen molar-refractivity contribution in [3.8, 4) is 0 Å². The second kappa shape index (κ2) is 8.21. The second-order valence-corrected chi connectivity index (χ2v) is 5.77. The van der Waals surface area contributed by atoms with Gasteiger partial charge in [0.1, 0.15) is 0 Å². The molecule has 106 valence electrons. The van der Waals surface area contributed by atoms with Crippen molar-refractivity contribution < 1.29 is 0 Å². The van der Waals surface area contributed by atoms with Gasteiger partial charge in [0, 0.05) is 18.3 Å². The Morgan fingerprint density at radius 3 is 2.42 bits per heavy atom. The normalized spacial score (nSPS) is 17.4. The Bertz CT molecular complexity index is 328. The molecule has 1 aromatic rings. The number of rotatable bonds is 6. The van der Waals surface area contributed by atoms with E-state index in [4.69, 9.17) is 0 Å². The number of benzene rings is 1. The summed E-state index contributed by atoms with van der Waals surface area (Å²) in [4.78, 5) is 2.58. The highest BCUT2D eigenvalue weighted by Crippen LogP contribution is 2.21. The average Bonchev–Trinajstić information content (AvgIpc) is 2.73. The van der Waals surface area contributed by atoms with Crippen LogP contribution in [0.15, 0.2) is 30.3 Å². The number of anilines is 1. The van der Waals surface area contributed by atoms with Crippen LogP contribution in [0.25, 0.3) is 0 Å². The highest BCUT2D eigenvalue weighted by atomic mass is 15.1. The molecule has 19 heavy (non-hydrogen) atoms. The third-order valence-electron chi connectivity index (χ3n) is 4.24. The molecule has 0 atom stereocenters. The summed E-state index contributed by atoms with van der Waals surface area (Å²) in [5.41, 5.74) is 1.24. The summed E-state index contributed by atoms with van der Waals surface area (Å²) in [6.45, 7) is 2.28. The molecule has 0 bridgehead atoms. The number of hydrogen-bond donors (Lipinski definition) is 1. The number of para-hydroxylation sites is 1. The van der Waals surface area contributed by atoms with Crippen molar-refractivity contribution in [1.29, 1.82) is 0 Å². The van der Waals surface area contributed by atoms with E-state index >= 15 is 0 Å². The Hall–Kier alpha value is -1.02. The third kappa shape index (κ3) is 5.23. The Balaban J connectivity index is 1.62. The van der Waals surface area contributed by atoms with Crippen molar-refractivity contribution in [3.63, 3.8) is 0 Å². The molecule has 1 N–H and O–H groups in total. The molecule has 0 aliphatic heterocycles. The van der Waals surface area contributed by atoms with Crippen molar-refractivity contribution >= 4 is 5.69 Å². The molecule has 2 nitrogen and oxygen atoms in total. The zero-order valence-corrected chi connectivity index (χ0v) is 12.3. The van der Waals surface area contributed by atoms with Gasteiger partial charge in [0.05, 0.1) is 0 Å². The summed E-state index contributed by atoms with van der Waals surface area (Å²) in [5.74, 6) is 0. The predicted molar refractivity (Wildman–Crippen MR) is 83.7 cm³/mol. The molecule has 1 fully saturated rings. The van der Waals surface area contributed by atoms with Gasteiger partial charge in [-0.05, 0) is 45.0 Å². The van der Waals surface area contributed by atoms with Gasteiger partial charge in [0.25, 0.3) is 0 Å². The van der Waals surface area contributed by atoms with E-state index < -0.39 is 0 Å². The fourth-order valence-corrected chi connectivity index (χ4v) is 3.00. The van der Waals surface area contributed by atoms with Crippen LogP contribution in [0.5, 0.6) is 0 Å². The minimum absolute atomic E-state index is 0.833. The zero-order chi connectivity index (χ0) is 13.3. The number of nitrogens with zero attached hydrogens (tertiary/aromatic N) is 1. The smallest absolute Gasteiger partial charge is 0.0340 e. The summed E-state index contributed by atoms with van der Waals surface area (Å²) in [7, 11) is 2.30. The van der Waals surface area contributed by atoms with E-state index in [1.807, 2.05) is 0 Å². The van der Waals surface area contributed by atoms with Crippen molar-refractivity contribution in [2.45, 2.75) is 51.0 Å². The van der Waals surface area contributed by atoms with Gasteiger partial charge in [0.15, 0.2) is 0 Å². The van der Waals surface area contributed by atoms with Crippen molar-refractivity contribution in [1.82, 2.24) is 4.90 Å². The lowest BCUT2D eigenvalue weighted by molar-refractivity contribution is 0.220. The first-order chi connectivity index (χ1) is 9.36. The second-order valence-electron chi connectivity index (χ2n) is 5.77. The number of nitrogens with one attached hydrogen (secondary N) is 1. The van der Waals surface area contributed by atoms with Gasteiger partial charge < -0.3 is 10.2 Å². The van der Waals surface area contributed by atoms with E-state index in [-0.39, 0.29) is 0 Å². The lowest BCUT2D eigenvalue weighted by Crippen LogP contribution is -2.32. The van der Waals surface area contributed by atoms with Gasteiger partial charge in [0.2, 0.25) is 0 Å². The molecule has 0 radical (unpaired) electrons. The van der Waals surface area contributed by atoms with Crippen LogP contribution in [0.4, 0.5) is 5.69 Å². The highest BCUT2D eigenvalue weighted by molar-refractivity contribution is 5.42. The summed E-state index contributed by atoms with van der Waals surface area (Å²) < 4.78 is 0. The van der Waals surface area contributed by atoms with Crippen LogP contribution in [0, 0.1) is 0 Å². The maximum atomic E-state index is 3.49. The van der Waals surface area contributed by atoms with E-state index in [1.165, 1.54) is 57.2 Å². The largest absolute Gasteiger partial charge is 0.385 e.